The Kier molecular flexibility index (Phi) is 12.9. The number of urea groups is 1. The molecule has 0 radical (unpaired) electrons. The highest BCUT2D eigenvalue weighted by Crippen LogP contribution is 2.23. The summed E-state index contributed by atoms with van der Waals surface area (Å²) in [4.78, 5) is 59.4. The second kappa shape index (κ2) is 16.4. The van der Waals surface area contributed by atoms with E-state index in [0.717, 1.165) is 17.0 Å². The molecule has 5 atom stereocenters. The van der Waals surface area contributed by atoms with Crippen LogP contribution in [0.5, 0.6) is 0 Å². The molecule has 1 aromatic heterocycles. The van der Waals surface area contributed by atoms with Gasteiger partial charge in [-0.2, -0.15) is 0 Å². The van der Waals surface area contributed by atoms with Crippen molar-refractivity contribution in [1.29, 1.82) is 0 Å². The fourth-order valence-corrected chi connectivity index (χ4v) is 5.49. The van der Waals surface area contributed by atoms with E-state index in [4.69, 9.17) is 0 Å². The molecule has 0 spiro atoms. The predicted octanol–water partition coefficient (Wildman–Crippen LogP) is 2.43. The number of nitrogens with one attached hydrogen (secondary N) is 4. The summed E-state index contributed by atoms with van der Waals surface area (Å²) in [7, 11) is 0. The standard InChI is InChI=1S/C33H49N7O6/c1-7-21(2)27(40-17-16-39(32(40)46)20-24-15-11-12-22(3)35-24)29(42)36-25(18-23-13-9-8-10-14-23)26(41)19-34-38-30(43)28(33(4,5)6)37-31(44)45/h8-15,21,25-28,34,37,41H,7,16-20H2,1-6H3,(H,36,42)(H,38,43)(H,44,45)/t21-,25-,26-,27-,28+/m0/s1. The number of amides is 5. The number of pyridine rings is 1. The quantitative estimate of drug-likeness (QED) is 0.161. The van der Waals surface area contributed by atoms with Crippen LogP contribution in [-0.2, 0) is 22.6 Å². The summed E-state index contributed by atoms with van der Waals surface area (Å²) in [6.45, 7) is 12.0. The van der Waals surface area contributed by atoms with Crippen LogP contribution in [-0.4, -0.2) is 92.8 Å². The maximum atomic E-state index is 14.0. The summed E-state index contributed by atoms with van der Waals surface area (Å²) in [6.07, 6.45) is -1.54. The Balaban J connectivity index is 1.74. The van der Waals surface area contributed by atoms with Crippen molar-refractivity contribution in [3.8, 4) is 0 Å². The highest BCUT2D eigenvalue weighted by atomic mass is 16.4. The Hall–Kier alpha value is -4.23. The average molecular weight is 640 g/mol. The van der Waals surface area contributed by atoms with Crippen LogP contribution in [0.2, 0.25) is 0 Å². The van der Waals surface area contributed by atoms with Crippen molar-refractivity contribution in [3.63, 3.8) is 0 Å². The highest BCUT2D eigenvalue weighted by Gasteiger charge is 2.41. The largest absolute Gasteiger partial charge is 0.465 e. The molecule has 5 amide bonds. The molecular weight excluding hydrogens is 590 g/mol. The first kappa shape index (κ1) is 36.2. The molecule has 0 saturated carbocycles. The maximum absolute atomic E-state index is 14.0. The van der Waals surface area contributed by atoms with Gasteiger partial charge in [-0.1, -0.05) is 77.4 Å². The van der Waals surface area contributed by atoms with Gasteiger partial charge < -0.3 is 30.6 Å². The minimum absolute atomic E-state index is 0.138. The van der Waals surface area contributed by atoms with Gasteiger partial charge in [0.1, 0.15) is 12.1 Å². The van der Waals surface area contributed by atoms with Crippen LogP contribution in [0.3, 0.4) is 0 Å². The third-order valence-electron chi connectivity index (χ3n) is 8.22. The van der Waals surface area contributed by atoms with E-state index >= 15 is 0 Å². The predicted molar refractivity (Wildman–Crippen MR) is 173 cm³/mol. The van der Waals surface area contributed by atoms with Gasteiger partial charge in [-0.15, -0.1) is 0 Å². The molecule has 1 aliphatic heterocycles. The normalized spacial score (nSPS) is 16.7. The minimum Gasteiger partial charge on any atom is -0.465 e. The SMILES string of the molecule is CC[C@H](C)[C@@H](C(=O)N[C@@H](Cc1ccccc1)[C@@H](O)CNNC(=O)[C@@H](NC(=O)O)C(C)(C)C)N1CCN(Cc2cccc(C)n2)C1=O. The first-order valence-corrected chi connectivity index (χ1v) is 15.7. The average Bonchev–Trinajstić information content (AvgIpc) is 3.34. The van der Waals surface area contributed by atoms with E-state index in [1.165, 1.54) is 0 Å². The van der Waals surface area contributed by atoms with E-state index in [1.54, 1.807) is 30.6 Å². The van der Waals surface area contributed by atoms with E-state index in [9.17, 15) is 29.4 Å². The zero-order chi connectivity index (χ0) is 34.0. The number of carbonyl (C=O) groups is 4. The van der Waals surface area contributed by atoms with E-state index < -0.39 is 41.6 Å². The lowest BCUT2D eigenvalue weighted by atomic mass is 9.86. The zero-order valence-corrected chi connectivity index (χ0v) is 27.6. The van der Waals surface area contributed by atoms with Crippen molar-refractivity contribution >= 4 is 23.9 Å². The number of nitrogens with zero attached hydrogens (tertiary/aromatic N) is 3. The lowest BCUT2D eigenvalue weighted by Crippen LogP contribution is -2.59. The molecule has 13 nitrogen and oxygen atoms in total. The van der Waals surface area contributed by atoms with Gasteiger partial charge in [0.2, 0.25) is 5.91 Å². The number of hydrogen-bond acceptors (Lipinski definition) is 7. The van der Waals surface area contributed by atoms with E-state index in [0.29, 0.717) is 32.5 Å². The van der Waals surface area contributed by atoms with Crippen molar-refractivity contribution in [2.45, 2.75) is 85.2 Å². The number of aryl methyl sites for hydroxylation is 1. The lowest BCUT2D eigenvalue weighted by molar-refractivity contribution is -0.129. The maximum Gasteiger partial charge on any atom is 0.405 e. The monoisotopic (exact) mass is 639 g/mol. The molecule has 2 heterocycles. The molecule has 2 aromatic rings. The number of carboxylic acid groups (broad SMARTS) is 1. The highest BCUT2D eigenvalue weighted by molar-refractivity contribution is 5.88. The summed E-state index contributed by atoms with van der Waals surface area (Å²) in [5, 5.41) is 25.7. The summed E-state index contributed by atoms with van der Waals surface area (Å²) >= 11 is 0. The van der Waals surface area contributed by atoms with Crippen molar-refractivity contribution < 1.29 is 29.4 Å². The molecule has 6 N–H and O–H groups in total. The van der Waals surface area contributed by atoms with Gasteiger partial charge in [0, 0.05) is 25.3 Å². The minimum atomic E-state index is -1.33. The molecule has 1 fully saturated rings. The number of carbonyl (C=O) groups excluding carboxylic acids is 3. The summed E-state index contributed by atoms with van der Waals surface area (Å²) in [5.74, 6) is -1.15. The second-order valence-electron chi connectivity index (χ2n) is 13.0. The molecule has 46 heavy (non-hydrogen) atoms. The van der Waals surface area contributed by atoms with Gasteiger partial charge in [0.05, 0.1) is 24.4 Å². The Morgan fingerprint density at radius 3 is 2.30 bits per heavy atom. The molecule has 13 heteroatoms. The first-order chi connectivity index (χ1) is 21.7. The van der Waals surface area contributed by atoms with Gasteiger partial charge in [-0.05, 0) is 42.4 Å². The zero-order valence-electron chi connectivity index (χ0n) is 27.6. The van der Waals surface area contributed by atoms with E-state index in [1.807, 2.05) is 69.3 Å². The summed E-state index contributed by atoms with van der Waals surface area (Å²) in [6, 6.07) is 12.2. The van der Waals surface area contributed by atoms with Crippen LogP contribution < -0.4 is 21.5 Å². The lowest BCUT2D eigenvalue weighted by Gasteiger charge is -2.34. The molecule has 0 bridgehead atoms. The fraction of sp³-hybridized carbons (Fsp3) is 0.545. The fourth-order valence-electron chi connectivity index (χ4n) is 5.49. The van der Waals surface area contributed by atoms with Crippen molar-refractivity contribution in [2.75, 3.05) is 19.6 Å². The van der Waals surface area contributed by atoms with Crippen molar-refractivity contribution in [1.82, 2.24) is 36.3 Å². The molecule has 252 valence electrons. The Morgan fingerprint density at radius 2 is 1.70 bits per heavy atom. The van der Waals surface area contributed by atoms with Gasteiger partial charge in [0.15, 0.2) is 0 Å². The number of aliphatic hydroxyl groups is 1. The third kappa shape index (κ3) is 10.1. The molecule has 3 rings (SSSR count). The number of hydrogen-bond donors (Lipinski definition) is 6. The number of aromatic nitrogens is 1. The molecule has 0 unspecified atom stereocenters. The van der Waals surface area contributed by atoms with Crippen molar-refractivity contribution in [2.24, 2.45) is 11.3 Å². The molecule has 1 aromatic carbocycles. The molecule has 0 aliphatic carbocycles. The molecular formula is C33H49N7O6. The topological polar surface area (TPSA) is 176 Å². The smallest absolute Gasteiger partial charge is 0.405 e. The second-order valence-corrected chi connectivity index (χ2v) is 13.0. The van der Waals surface area contributed by atoms with Crippen LogP contribution in [0, 0.1) is 18.3 Å². The van der Waals surface area contributed by atoms with Crippen LogP contribution in [0.15, 0.2) is 48.5 Å². The molecule has 1 aliphatic rings. The third-order valence-corrected chi connectivity index (χ3v) is 8.22. The van der Waals surface area contributed by atoms with E-state index in [2.05, 4.69) is 26.5 Å². The number of benzene rings is 1. The number of rotatable bonds is 15. The van der Waals surface area contributed by atoms with Gasteiger partial charge in [-0.25, -0.2) is 15.0 Å². The van der Waals surface area contributed by atoms with Gasteiger partial charge in [0.25, 0.3) is 5.91 Å². The Morgan fingerprint density at radius 1 is 1.00 bits per heavy atom. The Labute approximate surface area is 271 Å². The number of aliphatic hydroxyl groups excluding tert-OH is 1. The van der Waals surface area contributed by atoms with Gasteiger partial charge >= 0.3 is 12.1 Å². The van der Waals surface area contributed by atoms with Crippen molar-refractivity contribution in [3.05, 3.63) is 65.5 Å². The molecule has 1 saturated heterocycles. The van der Waals surface area contributed by atoms with Crippen LogP contribution in [0.1, 0.15) is 58.0 Å². The first-order valence-electron chi connectivity index (χ1n) is 15.7. The Bertz CT molecular complexity index is 1340. The summed E-state index contributed by atoms with van der Waals surface area (Å²) in [5.41, 5.74) is 6.98. The van der Waals surface area contributed by atoms with Crippen LogP contribution in [0.4, 0.5) is 9.59 Å². The summed E-state index contributed by atoms with van der Waals surface area (Å²) < 4.78 is 0. The van der Waals surface area contributed by atoms with Gasteiger partial charge in [-0.3, -0.25) is 20.0 Å². The number of hydrazine groups is 1. The van der Waals surface area contributed by atoms with E-state index in [-0.39, 0.29) is 24.4 Å². The van der Waals surface area contributed by atoms with Crippen LogP contribution >= 0.6 is 0 Å². The van der Waals surface area contributed by atoms with Crippen LogP contribution in [0.25, 0.3) is 0 Å².